The average molecular weight is 223 g/mol. The van der Waals surface area contributed by atoms with Crippen molar-refractivity contribution in [1.29, 1.82) is 0 Å². The maximum absolute atomic E-state index is 10.6. The van der Waals surface area contributed by atoms with Crippen molar-refractivity contribution < 1.29 is 4.21 Å². The van der Waals surface area contributed by atoms with Gasteiger partial charge in [-0.05, 0) is 18.6 Å². The molecule has 0 aromatic carbocycles. The standard InChI is InChI=1S/C8H8Cl2OS/c9-4-3-6-1-2-7(10)5-8(6)12-11/h1-2,5-6H,3-4H2. The fourth-order valence-corrected chi connectivity index (χ4v) is 2.02. The van der Waals surface area contributed by atoms with Crippen LogP contribution in [0.4, 0.5) is 0 Å². The second-order valence-corrected chi connectivity index (χ2v) is 3.91. The molecule has 0 N–H and O–H groups in total. The molecular formula is C8H8Cl2OS. The van der Waals surface area contributed by atoms with Gasteiger partial charge in [0.2, 0.25) is 0 Å². The van der Waals surface area contributed by atoms with Crippen molar-refractivity contribution in [3.05, 3.63) is 23.3 Å². The van der Waals surface area contributed by atoms with Crippen molar-refractivity contribution in [3.63, 3.8) is 0 Å². The van der Waals surface area contributed by atoms with Gasteiger partial charge in [-0.3, -0.25) is 0 Å². The average Bonchev–Trinajstić information content (AvgIpc) is 2.08. The number of hydrogen-bond donors (Lipinski definition) is 0. The van der Waals surface area contributed by atoms with Gasteiger partial charge in [0.05, 0.1) is 16.1 Å². The van der Waals surface area contributed by atoms with Crippen LogP contribution in [-0.4, -0.2) is 15.0 Å². The van der Waals surface area contributed by atoms with E-state index in [1.807, 2.05) is 6.08 Å². The zero-order chi connectivity index (χ0) is 8.97. The van der Waals surface area contributed by atoms with Gasteiger partial charge in [0.1, 0.15) is 0 Å². The maximum Gasteiger partial charge on any atom is 0.0927 e. The summed E-state index contributed by atoms with van der Waals surface area (Å²) in [5.41, 5.74) is 0. The Hall–Kier alpha value is -0.0500. The molecule has 12 heavy (non-hydrogen) atoms. The molecular weight excluding hydrogens is 215 g/mol. The van der Waals surface area contributed by atoms with Gasteiger partial charge < -0.3 is 0 Å². The van der Waals surface area contributed by atoms with E-state index in [1.165, 1.54) is 0 Å². The van der Waals surface area contributed by atoms with Gasteiger partial charge >= 0.3 is 0 Å². The predicted octanol–water partition coefficient (Wildman–Crippen LogP) is 2.31. The molecule has 0 spiro atoms. The minimum Gasteiger partial charge on any atom is -0.212 e. The molecule has 0 radical (unpaired) electrons. The van der Waals surface area contributed by atoms with Crippen LogP contribution >= 0.6 is 23.2 Å². The van der Waals surface area contributed by atoms with Crippen LogP contribution in [0.1, 0.15) is 6.42 Å². The summed E-state index contributed by atoms with van der Waals surface area (Å²) in [4.78, 5) is 0.753. The van der Waals surface area contributed by atoms with Gasteiger partial charge in [-0.15, -0.1) is 11.6 Å². The minimum absolute atomic E-state index is 0.160. The Kier molecular flexibility index (Phi) is 4.06. The predicted molar refractivity (Wildman–Crippen MR) is 55.1 cm³/mol. The minimum atomic E-state index is 0.160. The van der Waals surface area contributed by atoms with Crippen LogP contribution in [-0.2, 0) is 11.3 Å². The van der Waals surface area contributed by atoms with Gasteiger partial charge in [-0.25, -0.2) is 4.21 Å². The quantitative estimate of drug-likeness (QED) is 0.518. The van der Waals surface area contributed by atoms with Gasteiger partial charge in [0.15, 0.2) is 0 Å². The molecule has 1 atom stereocenters. The first-order chi connectivity index (χ1) is 5.77. The SMILES string of the molecule is O=S=C1C=C(Cl)C=CC1CCCl. The van der Waals surface area contributed by atoms with E-state index in [-0.39, 0.29) is 5.92 Å². The zero-order valence-corrected chi connectivity index (χ0v) is 8.62. The summed E-state index contributed by atoms with van der Waals surface area (Å²) in [5, 5.41) is 0.610. The molecule has 1 aliphatic rings. The highest BCUT2D eigenvalue weighted by Gasteiger charge is 2.13. The molecule has 1 nitrogen and oxygen atoms in total. The summed E-state index contributed by atoms with van der Waals surface area (Å²) in [6.45, 7) is 0. The molecule has 0 aromatic rings. The van der Waals surface area contributed by atoms with Crippen LogP contribution in [0.15, 0.2) is 23.3 Å². The fourth-order valence-electron chi connectivity index (χ4n) is 1.04. The molecule has 0 aromatic heterocycles. The van der Waals surface area contributed by atoms with Crippen LogP contribution in [0.2, 0.25) is 0 Å². The Morgan fingerprint density at radius 3 is 2.92 bits per heavy atom. The molecule has 0 amide bonds. The van der Waals surface area contributed by atoms with Crippen molar-refractivity contribution in [3.8, 4) is 0 Å². The molecule has 0 fully saturated rings. The summed E-state index contributed by atoms with van der Waals surface area (Å²) in [7, 11) is 0. The normalized spacial score (nSPS) is 22.3. The van der Waals surface area contributed by atoms with Gasteiger partial charge in [0.25, 0.3) is 0 Å². The van der Waals surface area contributed by atoms with Crippen LogP contribution in [0.3, 0.4) is 0 Å². The lowest BCUT2D eigenvalue weighted by atomic mass is 9.98. The largest absolute Gasteiger partial charge is 0.212 e. The monoisotopic (exact) mass is 222 g/mol. The Morgan fingerprint density at radius 2 is 2.33 bits per heavy atom. The molecule has 0 saturated heterocycles. The molecule has 1 rings (SSSR count). The van der Waals surface area contributed by atoms with Gasteiger partial charge in [-0.2, -0.15) is 0 Å². The van der Waals surface area contributed by atoms with Crippen molar-refractivity contribution in [1.82, 2.24) is 0 Å². The third-order valence-corrected chi connectivity index (χ3v) is 2.72. The maximum atomic E-state index is 10.6. The molecule has 0 aliphatic heterocycles. The van der Waals surface area contributed by atoms with E-state index >= 15 is 0 Å². The lowest BCUT2D eigenvalue weighted by Crippen LogP contribution is -2.13. The van der Waals surface area contributed by atoms with Crippen molar-refractivity contribution in [2.75, 3.05) is 5.88 Å². The number of hydrogen-bond acceptors (Lipinski definition) is 1. The molecule has 4 heteroatoms. The first-order valence-corrected chi connectivity index (χ1v) is 5.21. The zero-order valence-electron chi connectivity index (χ0n) is 6.30. The van der Waals surface area contributed by atoms with E-state index in [9.17, 15) is 4.21 Å². The smallest absolute Gasteiger partial charge is 0.0927 e. The van der Waals surface area contributed by atoms with Crippen molar-refractivity contribution >= 4 is 39.3 Å². The number of alkyl halides is 1. The number of allylic oxidation sites excluding steroid dienone is 4. The summed E-state index contributed by atoms with van der Waals surface area (Å²) in [5.74, 6) is 0.720. The first kappa shape index (κ1) is 10.0. The summed E-state index contributed by atoms with van der Waals surface area (Å²) in [6.07, 6.45) is 6.23. The van der Waals surface area contributed by atoms with Crippen molar-refractivity contribution in [2.45, 2.75) is 6.42 Å². The molecule has 1 aliphatic carbocycles. The Bertz CT molecular complexity index is 277. The second-order valence-electron chi connectivity index (χ2n) is 2.46. The van der Waals surface area contributed by atoms with E-state index in [0.717, 1.165) is 11.3 Å². The van der Waals surface area contributed by atoms with E-state index < -0.39 is 0 Å². The third-order valence-electron chi connectivity index (χ3n) is 1.65. The molecule has 0 heterocycles. The van der Waals surface area contributed by atoms with Gasteiger partial charge in [0, 0.05) is 16.8 Å². The van der Waals surface area contributed by atoms with Crippen LogP contribution in [0, 0.1) is 5.92 Å². The van der Waals surface area contributed by atoms with E-state index in [1.54, 1.807) is 12.2 Å². The Morgan fingerprint density at radius 1 is 1.58 bits per heavy atom. The van der Waals surface area contributed by atoms with Crippen LogP contribution < -0.4 is 0 Å². The lowest BCUT2D eigenvalue weighted by molar-refractivity contribution is 0.700. The Labute approximate surface area is 85.1 Å². The fraction of sp³-hybridized carbons (Fsp3) is 0.375. The van der Waals surface area contributed by atoms with E-state index in [0.29, 0.717) is 22.2 Å². The third kappa shape index (κ3) is 2.47. The first-order valence-electron chi connectivity index (χ1n) is 3.56. The highest BCUT2D eigenvalue weighted by Crippen LogP contribution is 2.19. The van der Waals surface area contributed by atoms with E-state index in [2.05, 4.69) is 0 Å². The summed E-state index contributed by atoms with van der Waals surface area (Å²) in [6, 6.07) is 0. The molecule has 1 unspecified atom stereocenters. The van der Waals surface area contributed by atoms with E-state index in [4.69, 9.17) is 23.2 Å². The molecule has 66 valence electrons. The molecule has 0 saturated carbocycles. The van der Waals surface area contributed by atoms with Crippen LogP contribution in [0.25, 0.3) is 0 Å². The second kappa shape index (κ2) is 4.85. The van der Waals surface area contributed by atoms with Crippen LogP contribution in [0.5, 0.6) is 0 Å². The van der Waals surface area contributed by atoms with Gasteiger partial charge in [-0.1, -0.05) is 17.7 Å². The van der Waals surface area contributed by atoms with Crippen molar-refractivity contribution in [2.24, 2.45) is 5.92 Å². The summed E-state index contributed by atoms with van der Waals surface area (Å²) < 4.78 is 10.6. The lowest BCUT2D eigenvalue weighted by Gasteiger charge is -2.12. The highest BCUT2D eigenvalue weighted by molar-refractivity contribution is 7.67. The number of rotatable bonds is 2. The molecule has 0 bridgehead atoms. The topological polar surface area (TPSA) is 17.1 Å². The number of halogens is 2. The summed E-state index contributed by atoms with van der Waals surface area (Å²) >= 11 is 11.8. The highest BCUT2D eigenvalue weighted by atomic mass is 35.5. The Balaban J connectivity index is 2.81.